The minimum Gasteiger partial charge on any atom is -0.320 e. The highest BCUT2D eigenvalue weighted by Crippen LogP contribution is 2.20. The van der Waals surface area contributed by atoms with Crippen molar-refractivity contribution < 1.29 is 9.59 Å². The Labute approximate surface area is 121 Å². The molecule has 2 rings (SSSR count). The van der Waals surface area contributed by atoms with Crippen molar-refractivity contribution >= 4 is 29.0 Å². The Morgan fingerprint density at radius 1 is 1.15 bits per heavy atom. The average Bonchev–Trinajstić information content (AvgIpc) is 2.49. The Morgan fingerprint density at radius 2 is 1.85 bits per heavy atom. The van der Waals surface area contributed by atoms with Gasteiger partial charge in [0, 0.05) is 5.56 Å². The summed E-state index contributed by atoms with van der Waals surface area (Å²) in [4.78, 5) is 27.8. The van der Waals surface area contributed by atoms with Gasteiger partial charge < -0.3 is 5.32 Å². The van der Waals surface area contributed by atoms with Gasteiger partial charge in [-0.05, 0) is 18.2 Å². The molecule has 2 aromatic rings. The zero-order valence-corrected chi connectivity index (χ0v) is 11.2. The van der Waals surface area contributed by atoms with Gasteiger partial charge in [0.2, 0.25) is 11.7 Å². The maximum atomic E-state index is 12.4. The molecule has 0 unspecified atom stereocenters. The van der Waals surface area contributed by atoms with Crippen LogP contribution in [0.3, 0.4) is 0 Å². The van der Waals surface area contributed by atoms with E-state index in [0.29, 0.717) is 11.3 Å². The van der Waals surface area contributed by atoms with Gasteiger partial charge in [-0.1, -0.05) is 48.5 Å². The molecule has 0 spiro atoms. The monoisotopic (exact) mass is 286 g/mol. The number of pyridine rings is 1. The van der Waals surface area contributed by atoms with E-state index in [1.807, 2.05) is 6.07 Å². The lowest BCUT2D eigenvalue weighted by atomic mass is 10.1. The van der Waals surface area contributed by atoms with Crippen LogP contribution in [0.5, 0.6) is 0 Å². The first kappa shape index (κ1) is 14.0. The number of benzene rings is 1. The third-order valence-electron chi connectivity index (χ3n) is 2.56. The molecule has 1 amide bonds. The summed E-state index contributed by atoms with van der Waals surface area (Å²) in [5.41, 5.74) is 0.864. The van der Waals surface area contributed by atoms with E-state index >= 15 is 0 Å². The van der Waals surface area contributed by atoms with E-state index in [1.54, 1.807) is 24.3 Å². The fourth-order valence-corrected chi connectivity index (χ4v) is 1.77. The molecule has 20 heavy (non-hydrogen) atoms. The number of amides is 1. The van der Waals surface area contributed by atoms with Crippen molar-refractivity contribution in [1.29, 1.82) is 0 Å². The van der Waals surface area contributed by atoms with Crippen LogP contribution in [-0.4, -0.2) is 16.7 Å². The molecule has 4 nitrogen and oxygen atoms in total. The van der Waals surface area contributed by atoms with Crippen molar-refractivity contribution in [2.45, 2.75) is 0 Å². The molecule has 1 aromatic heterocycles. The summed E-state index contributed by atoms with van der Waals surface area (Å²) in [5.74, 6) is -0.733. The van der Waals surface area contributed by atoms with E-state index < -0.39 is 5.91 Å². The average molecular weight is 287 g/mol. The van der Waals surface area contributed by atoms with Crippen LogP contribution < -0.4 is 5.32 Å². The number of nitrogens with one attached hydrogen (secondary N) is 1. The van der Waals surface area contributed by atoms with Gasteiger partial charge in [0.15, 0.2) is 0 Å². The van der Waals surface area contributed by atoms with Crippen LogP contribution in [0, 0.1) is 0 Å². The number of hydrogen-bond acceptors (Lipinski definition) is 3. The molecule has 1 heterocycles. The number of rotatable bonds is 4. The van der Waals surface area contributed by atoms with E-state index in [2.05, 4.69) is 16.9 Å². The normalized spacial score (nSPS) is 9.85. The second kappa shape index (κ2) is 6.12. The molecular weight excluding hydrogens is 276 g/mol. The number of aromatic nitrogens is 1. The predicted molar refractivity (Wildman–Crippen MR) is 77.9 cm³/mol. The molecule has 0 saturated carbocycles. The molecule has 0 aliphatic heterocycles. The number of carbonyl (C=O) groups excluding carboxylic acids is 2. The lowest BCUT2D eigenvalue weighted by Gasteiger charge is -2.08. The molecular formula is C15H11ClN2O2. The zero-order valence-electron chi connectivity index (χ0n) is 10.5. The highest BCUT2D eigenvalue weighted by Gasteiger charge is 2.16. The zero-order chi connectivity index (χ0) is 14.5. The summed E-state index contributed by atoms with van der Waals surface area (Å²) in [5, 5.41) is 2.72. The van der Waals surface area contributed by atoms with E-state index in [-0.39, 0.29) is 16.6 Å². The SMILES string of the molecule is C=CC(=O)Nc1ccc(Cl)nc1C(=O)c1ccccc1. The molecule has 0 atom stereocenters. The molecule has 0 bridgehead atoms. The summed E-state index contributed by atoms with van der Waals surface area (Å²) in [6.45, 7) is 3.36. The molecule has 0 saturated heterocycles. The minimum atomic E-state index is -0.420. The van der Waals surface area contributed by atoms with Crippen molar-refractivity contribution in [3.63, 3.8) is 0 Å². The summed E-state index contributed by atoms with van der Waals surface area (Å²) >= 11 is 5.82. The highest BCUT2D eigenvalue weighted by molar-refractivity contribution is 6.30. The second-order valence-electron chi connectivity index (χ2n) is 3.92. The van der Waals surface area contributed by atoms with E-state index in [0.717, 1.165) is 6.08 Å². The molecule has 0 aliphatic carbocycles. The standard InChI is InChI=1S/C15H11ClN2O2/c1-2-13(19)17-11-8-9-12(16)18-14(11)15(20)10-6-4-3-5-7-10/h2-9H,1H2,(H,17,19). The number of anilines is 1. The van der Waals surface area contributed by atoms with Gasteiger partial charge in [0.05, 0.1) is 5.69 Å². The summed E-state index contributed by atoms with van der Waals surface area (Å²) in [7, 11) is 0. The topological polar surface area (TPSA) is 59.1 Å². The number of carbonyl (C=O) groups is 2. The van der Waals surface area contributed by atoms with Crippen LogP contribution in [0.4, 0.5) is 5.69 Å². The van der Waals surface area contributed by atoms with Gasteiger partial charge in [-0.25, -0.2) is 4.98 Å². The van der Waals surface area contributed by atoms with Gasteiger partial charge >= 0.3 is 0 Å². The van der Waals surface area contributed by atoms with Gasteiger partial charge in [-0.15, -0.1) is 0 Å². The molecule has 0 radical (unpaired) electrons. The van der Waals surface area contributed by atoms with Gasteiger partial charge in [0.25, 0.3) is 0 Å². The number of hydrogen-bond donors (Lipinski definition) is 1. The summed E-state index contributed by atoms with van der Waals surface area (Å²) < 4.78 is 0. The largest absolute Gasteiger partial charge is 0.320 e. The maximum Gasteiger partial charge on any atom is 0.247 e. The maximum absolute atomic E-state index is 12.4. The van der Waals surface area contributed by atoms with Crippen LogP contribution in [0.25, 0.3) is 0 Å². The Morgan fingerprint density at radius 3 is 2.50 bits per heavy atom. The van der Waals surface area contributed by atoms with E-state index in [4.69, 9.17) is 11.6 Å². The van der Waals surface area contributed by atoms with Crippen molar-refractivity contribution in [2.24, 2.45) is 0 Å². The highest BCUT2D eigenvalue weighted by atomic mass is 35.5. The molecule has 5 heteroatoms. The van der Waals surface area contributed by atoms with Crippen LogP contribution in [0.1, 0.15) is 16.1 Å². The second-order valence-corrected chi connectivity index (χ2v) is 4.31. The smallest absolute Gasteiger partial charge is 0.247 e. The van der Waals surface area contributed by atoms with E-state index in [1.165, 1.54) is 12.1 Å². The summed E-state index contributed by atoms with van der Waals surface area (Å²) in [6.07, 6.45) is 1.12. The third-order valence-corrected chi connectivity index (χ3v) is 2.77. The van der Waals surface area contributed by atoms with Crippen LogP contribution in [0.2, 0.25) is 5.15 Å². The van der Waals surface area contributed by atoms with Gasteiger partial charge in [-0.3, -0.25) is 9.59 Å². The van der Waals surface area contributed by atoms with Crippen molar-refractivity contribution in [3.8, 4) is 0 Å². The Kier molecular flexibility index (Phi) is 4.27. The van der Waals surface area contributed by atoms with Crippen LogP contribution >= 0.6 is 11.6 Å². The Bertz CT molecular complexity index is 669. The molecule has 100 valence electrons. The van der Waals surface area contributed by atoms with Crippen molar-refractivity contribution in [3.05, 3.63) is 71.5 Å². The lowest BCUT2D eigenvalue weighted by Crippen LogP contribution is -2.14. The third kappa shape index (κ3) is 3.10. The molecule has 1 aromatic carbocycles. The van der Waals surface area contributed by atoms with Crippen molar-refractivity contribution in [2.75, 3.05) is 5.32 Å². The first-order valence-corrected chi connectivity index (χ1v) is 6.19. The molecule has 1 N–H and O–H groups in total. The van der Waals surface area contributed by atoms with Crippen LogP contribution in [0.15, 0.2) is 55.1 Å². The number of halogens is 1. The summed E-state index contributed by atoms with van der Waals surface area (Å²) in [6, 6.07) is 11.7. The minimum absolute atomic E-state index is 0.0962. The van der Waals surface area contributed by atoms with Gasteiger partial charge in [-0.2, -0.15) is 0 Å². The number of nitrogens with zero attached hydrogens (tertiary/aromatic N) is 1. The predicted octanol–water partition coefficient (Wildman–Crippen LogP) is 3.09. The first-order chi connectivity index (χ1) is 9.61. The fraction of sp³-hybridized carbons (Fsp3) is 0. The van der Waals surface area contributed by atoms with E-state index in [9.17, 15) is 9.59 Å². The quantitative estimate of drug-likeness (QED) is 0.534. The first-order valence-electron chi connectivity index (χ1n) is 5.81. The molecule has 0 fully saturated rings. The fourth-order valence-electron chi connectivity index (χ4n) is 1.62. The Hall–Kier alpha value is -2.46. The van der Waals surface area contributed by atoms with Crippen LogP contribution in [-0.2, 0) is 4.79 Å². The lowest BCUT2D eigenvalue weighted by molar-refractivity contribution is -0.111. The van der Waals surface area contributed by atoms with Gasteiger partial charge in [0.1, 0.15) is 10.8 Å². The molecule has 0 aliphatic rings. The number of ketones is 1. The Balaban J connectivity index is 2.44. The van der Waals surface area contributed by atoms with Crippen molar-refractivity contribution in [1.82, 2.24) is 4.98 Å².